The van der Waals surface area contributed by atoms with Gasteiger partial charge in [-0.25, -0.2) is 8.42 Å². The average molecular weight is 298 g/mol. The second-order valence-corrected chi connectivity index (χ2v) is 6.26. The van der Waals surface area contributed by atoms with Crippen LogP contribution >= 0.6 is 0 Å². The highest BCUT2D eigenvalue weighted by Gasteiger charge is 2.17. The largest absolute Gasteiger partial charge is 0.393 e. The van der Waals surface area contributed by atoms with E-state index < -0.39 is 14.8 Å². The van der Waals surface area contributed by atoms with Crippen LogP contribution in [0.5, 0.6) is 0 Å². The van der Waals surface area contributed by atoms with E-state index in [9.17, 15) is 18.5 Å². The van der Waals surface area contributed by atoms with Crippen molar-refractivity contribution < 1.29 is 17.9 Å². The zero-order valence-corrected chi connectivity index (χ0v) is 11.1. The van der Waals surface area contributed by atoms with E-state index in [0.29, 0.717) is 0 Å². The molecule has 0 radical (unpaired) electrons. The minimum atomic E-state index is -3.29. The lowest BCUT2D eigenvalue weighted by Gasteiger charge is -1.98. The van der Waals surface area contributed by atoms with Crippen LogP contribution in [0.4, 0.5) is 11.4 Å². The van der Waals surface area contributed by atoms with Gasteiger partial charge in [0.25, 0.3) is 11.6 Å². The Morgan fingerprint density at radius 1 is 1.45 bits per heavy atom. The van der Waals surface area contributed by atoms with Gasteiger partial charge in [0.2, 0.25) is 0 Å². The molecule has 1 aromatic carbocycles. The van der Waals surface area contributed by atoms with Gasteiger partial charge in [-0.3, -0.25) is 10.1 Å². The zero-order valence-electron chi connectivity index (χ0n) is 10.3. The number of hydrogen-bond donors (Lipinski definition) is 1. The predicted octanol–water partition coefficient (Wildman–Crippen LogP) is 0.772. The van der Waals surface area contributed by atoms with Gasteiger partial charge >= 0.3 is 0 Å². The topological polar surface area (TPSA) is 142 Å². The van der Waals surface area contributed by atoms with Gasteiger partial charge in [-0.1, -0.05) is 5.16 Å². The molecule has 0 fully saturated rings. The van der Waals surface area contributed by atoms with Crippen molar-refractivity contribution in [3.63, 3.8) is 0 Å². The Balaban J connectivity index is 2.38. The second-order valence-electron chi connectivity index (χ2n) is 4.12. The summed E-state index contributed by atoms with van der Waals surface area (Å²) in [5, 5.41) is 14.3. The molecule has 106 valence electrons. The summed E-state index contributed by atoms with van der Waals surface area (Å²) in [6.45, 7) is 0. The van der Waals surface area contributed by atoms with Crippen molar-refractivity contribution in [3.8, 4) is 11.5 Å². The number of aromatic nitrogens is 2. The summed E-state index contributed by atoms with van der Waals surface area (Å²) in [4.78, 5) is 14.0. The molecule has 0 saturated carbocycles. The molecular weight excluding hydrogens is 288 g/mol. The molecular formula is C10H10N4O5S. The maximum Gasteiger partial charge on any atom is 0.292 e. The van der Waals surface area contributed by atoms with Crippen LogP contribution in [-0.2, 0) is 15.6 Å². The lowest BCUT2D eigenvalue weighted by atomic mass is 10.2. The van der Waals surface area contributed by atoms with E-state index in [1.807, 2.05) is 0 Å². The molecule has 2 aromatic rings. The number of rotatable bonds is 4. The SMILES string of the molecule is CS(=O)(=O)Cc1noc(-c2ccc(N)c([N+](=O)[O-])c2)n1. The molecule has 2 N–H and O–H groups in total. The van der Waals surface area contributed by atoms with Crippen LogP contribution < -0.4 is 5.73 Å². The number of benzene rings is 1. The number of nitro benzene ring substituents is 1. The van der Waals surface area contributed by atoms with Crippen molar-refractivity contribution in [2.45, 2.75) is 5.75 Å². The molecule has 0 spiro atoms. The first-order valence-electron chi connectivity index (χ1n) is 5.31. The Kier molecular flexibility index (Phi) is 3.40. The molecule has 0 bridgehead atoms. The van der Waals surface area contributed by atoms with Crippen LogP contribution in [-0.4, -0.2) is 29.7 Å². The van der Waals surface area contributed by atoms with E-state index in [-0.39, 0.29) is 34.4 Å². The fourth-order valence-electron chi connectivity index (χ4n) is 1.50. The highest BCUT2D eigenvalue weighted by Crippen LogP contribution is 2.27. The summed E-state index contributed by atoms with van der Waals surface area (Å²) in [7, 11) is -3.29. The average Bonchev–Trinajstić information content (AvgIpc) is 2.75. The molecule has 0 saturated heterocycles. The Hall–Kier alpha value is -2.49. The Morgan fingerprint density at radius 2 is 2.15 bits per heavy atom. The van der Waals surface area contributed by atoms with Crippen LogP contribution in [0, 0.1) is 10.1 Å². The van der Waals surface area contributed by atoms with Crippen LogP contribution in [0.25, 0.3) is 11.5 Å². The molecule has 0 aliphatic carbocycles. The Labute approximate surface area is 113 Å². The molecule has 9 nitrogen and oxygen atoms in total. The number of nitro groups is 1. The van der Waals surface area contributed by atoms with Crippen molar-refractivity contribution in [1.29, 1.82) is 0 Å². The minimum absolute atomic E-state index is 0.00764. The lowest BCUT2D eigenvalue weighted by Crippen LogP contribution is -2.02. The van der Waals surface area contributed by atoms with Gasteiger partial charge in [0.1, 0.15) is 11.4 Å². The molecule has 0 amide bonds. The number of sulfone groups is 1. The molecule has 1 aromatic heterocycles. The first-order valence-corrected chi connectivity index (χ1v) is 7.37. The molecule has 1 heterocycles. The fraction of sp³-hybridized carbons (Fsp3) is 0.200. The standard InChI is InChI=1S/C10H10N4O5S/c1-20(17,18)5-9-12-10(19-13-9)6-2-3-7(11)8(4-6)14(15)16/h2-4H,5,11H2,1H3. The van der Waals surface area contributed by atoms with E-state index in [4.69, 9.17) is 10.3 Å². The summed E-state index contributed by atoms with van der Waals surface area (Å²) < 4.78 is 27.1. The number of anilines is 1. The first kappa shape index (κ1) is 13.9. The van der Waals surface area contributed by atoms with Gasteiger partial charge in [-0.05, 0) is 12.1 Å². The maximum atomic E-state index is 11.1. The zero-order chi connectivity index (χ0) is 14.9. The molecule has 20 heavy (non-hydrogen) atoms. The fourth-order valence-corrected chi connectivity index (χ4v) is 2.09. The van der Waals surface area contributed by atoms with Crippen molar-refractivity contribution in [2.24, 2.45) is 0 Å². The summed E-state index contributed by atoms with van der Waals surface area (Å²) in [5.74, 6) is -0.387. The maximum absolute atomic E-state index is 11.1. The molecule has 10 heteroatoms. The smallest absolute Gasteiger partial charge is 0.292 e. The summed E-state index contributed by atoms with van der Waals surface area (Å²) >= 11 is 0. The van der Waals surface area contributed by atoms with E-state index >= 15 is 0 Å². The quantitative estimate of drug-likeness (QED) is 0.495. The summed E-state index contributed by atoms with van der Waals surface area (Å²) in [6.07, 6.45) is 1.04. The highest BCUT2D eigenvalue weighted by atomic mass is 32.2. The molecule has 0 unspecified atom stereocenters. The predicted molar refractivity (Wildman–Crippen MR) is 69.3 cm³/mol. The van der Waals surface area contributed by atoms with Crippen molar-refractivity contribution in [3.05, 3.63) is 34.1 Å². The molecule has 2 rings (SSSR count). The monoisotopic (exact) mass is 298 g/mol. The first-order chi connectivity index (χ1) is 9.26. The summed E-state index contributed by atoms with van der Waals surface area (Å²) in [5.41, 5.74) is 5.48. The van der Waals surface area contributed by atoms with E-state index in [1.54, 1.807) is 0 Å². The summed E-state index contributed by atoms with van der Waals surface area (Å²) in [6, 6.07) is 4.00. The van der Waals surface area contributed by atoms with Gasteiger partial charge in [0.05, 0.1) is 4.92 Å². The molecule has 0 aliphatic rings. The molecule has 0 aliphatic heterocycles. The van der Waals surface area contributed by atoms with Gasteiger partial charge in [-0.15, -0.1) is 0 Å². The number of nitrogen functional groups attached to an aromatic ring is 1. The van der Waals surface area contributed by atoms with Gasteiger partial charge in [0.15, 0.2) is 15.7 Å². The Bertz CT molecular complexity index is 768. The number of nitrogens with two attached hydrogens (primary N) is 1. The van der Waals surface area contributed by atoms with E-state index in [2.05, 4.69) is 10.1 Å². The number of hydrogen-bond acceptors (Lipinski definition) is 8. The van der Waals surface area contributed by atoms with Gasteiger partial charge < -0.3 is 10.3 Å². The normalized spacial score (nSPS) is 11.4. The van der Waals surface area contributed by atoms with Crippen LogP contribution in [0.3, 0.4) is 0 Å². The highest BCUT2D eigenvalue weighted by molar-refractivity contribution is 7.89. The van der Waals surface area contributed by atoms with E-state index in [0.717, 1.165) is 6.26 Å². The third-order valence-electron chi connectivity index (χ3n) is 2.33. The lowest BCUT2D eigenvalue weighted by molar-refractivity contribution is -0.383. The van der Waals surface area contributed by atoms with Crippen LogP contribution in [0.2, 0.25) is 0 Å². The second kappa shape index (κ2) is 4.89. The molecule has 0 atom stereocenters. The van der Waals surface area contributed by atoms with E-state index in [1.165, 1.54) is 18.2 Å². The van der Waals surface area contributed by atoms with Crippen LogP contribution in [0.15, 0.2) is 22.7 Å². The van der Waals surface area contributed by atoms with Crippen molar-refractivity contribution in [2.75, 3.05) is 12.0 Å². The Morgan fingerprint density at radius 3 is 2.75 bits per heavy atom. The third kappa shape index (κ3) is 3.09. The third-order valence-corrected chi connectivity index (χ3v) is 3.12. The number of nitrogens with zero attached hydrogens (tertiary/aromatic N) is 3. The minimum Gasteiger partial charge on any atom is -0.393 e. The van der Waals surface area contributed by atoms with Crippen molar-refractivity contribution >= 4 is 21.2 Å². The van der Waals surface area contributed by atoms with Crippen LogP contribution in [0.1, 0.15) is 5.82 Å². The van der Waals surface area contributed by atoms with Gasteiger partial charge in [0, 0.05) is 17.9 Å². The van der Waals surface area contributed by atoms with Gasteiger partial charge in [-0.2, -0.15) is 4.98 Å². The van der Waals surface area contributed by atoms with Crippen molar-refractivity contribution in [1.82, 2.24) is 10.1 Å².